The fourth-order valence-corrected chi connectivity index (χ4v) is 3.41. The second kappa shape index (κ2) is 8.37. The maximum atomic E-state index is 13.0. The highest BCUT2D eigenvalue weighted by molar-refractivity contribution is 7.80. The van der Waals surface area contributed by atoms with Crippen LogP contribution in [0.25, 0.3) is 0 Å². The number of hydrazone groups is 1. The van der Waals surface area contributed by atoms with Crippen molar-refractivity contribution in [1.82, 2.24) is 5.43 Å². The molecule has 0 aliphatic heterocycles. The lowest BCUT2D eigenvalue weighted by molar-refractivity contribution is -0.136. The number of halogens is 3. The lowest BCUT2D eigenvalue weighted by Gasteiger charge is -2.36. The normalized spacial score (nSPS) is 18.4. The largest absolute Gasteiger partial charge is 0.418 e. The van der Waals surface area contributed by atoms with E-state index in [0.29, 0.717) is 11.3 Å². The molecule has 0 spiro atoms. The van der Waals surface area contributed by atoms with Crippen LogP contribution in [0.15, 0.2) is 29.4 Å². The number of hydrogen-bond acceptors (Lipinski definition) is 2. The second-order valence-corrected chi connectivity index (χ2v) is 7.81. The summed E-state index contributed by atoms with van der Waals surface area (Å²) in [6.45, 7) is 6.82. The molecule has 0 radical (unpaired) electrons. The van der Waals surface area contributed by atoms with Gasteiger partial charge in [0, 0.05) is 5.71 Å². The Morgan fingerprint density at radius 2 is 1.81 bits per heavy atom. The molecule has 1 aliphatic rings. The van der Waals surface area contributed by atoms with Crippen LogP contribution in [-0.4, -0.2) is 10.8 Å². The number of benzene rings is 1. The molecule has 2 N–H and O–H groups in total. The molecule has 3 nitrogen and oxygen atoms in total. The van der Waals surface area contributed by atoms with Crippen molar-refractivity contribution < 1.29 is 13.2 Å². The van der Waals surface area contributed by atoms with E-state index in [1.165, 1.54) is 18.2 Å². The lowest BCUT2D eigenvalue weighted by atomic mass is 9.69. The van der Waals surface area contributed by atoms with Crippen molar-refractivity contribution in [3.8, 4) is 0 Å². The number of thiocarbonyl (C=S) groups is 1. The van der Waals surface area contributed by atoms with Crippen LogP contribution < -0.4 is 10.7 Å². The van der Waals surface area contributed by atoms with Crippen LogP contribution in [-0.2, 0) is 6.18 Å². The minimum absolute atomic E-state index is 0.0604. The minimum atomic E-state index is -4.43. The zero-order chi connectivity index (χ0) is 19.4. The van der Waals surface area contributed by atoms with Gasteiger partial charge in [0.05, 0.1) is 11.3 Å². The van der Waals surface area contributed by atoms with Crippen LogP contribution in [0.4, 0.5) is 18.9 Å². The molecular formula is C19H26F3N3S. The summed E-state index contributed by atoms with van der Waals surface area (Å²) in [5, 5.41) is 6.95. The standard InChI is InChI=1S/C19H26F3N3S/c1-4-18(2,3)13-9-11-14(12-10-13)24-25-17(26)23-16-8-6-5-7-15(16)19(20,21)22/h5-8,13H,4,9-12H2,1-3H3,(H2,23,25,26). The third kappa shape index (κ3) is 5.43. The fraction of sp³-hybridized carbons (Fsp3) is 0.579. The van der Waals surface area contributed by atoms with Gasteiger partial charge in [-0.05, 0) is 61.4 Å². The van der Waals surface area contributed by atoms with Crippen LogP contribution in [0.3, 0.4) is 0 Å². The fourth-order valence-electron chi connectivity index (χ4n) is 3.25. The summed E-state index contributed by atoms with van der Waals surface area (Å²) in [6.07, 6.45) is 0.660. The second-order valence-electron chi connectivity index (χ2n) is 7.40. The van der Waals surface area contributed by atoms with Gasteiger partial charge in [0.25, 0.3) is 0 Å². The first-order chi connectivity index (χ1) is 12.1. The monoisotopic (exact) mass is 385 g/mol. The smallest absolute Gasteiger partial charge is 0.331 e. The van der Waals surface area contributed by atoms with Crippen LogP contribution in [0.5, 0.6) is 0 Å². The molecule has 2 rings (SSSR count). The van der Waals surface area contributed by atoms with Gasteiger partial charge < -0.3 is 5.32 Å². The van der Waals surface area contributed by atoms with Gasteiger partial charge in [0.2, 0.25) is 0 Å². The SMILES string of the molecule is CCC(C)(C)C1CCC(=NNC(=S)Nc2ccccc2C(F)(F)F)CC1. The number of anilines is 1. The third-order valence-electron chi connectivity index (χ3n) is 5.38. The molecular weight excluding hydrogens is 359 g/mol. The molecule has 0 heterocycles. The zero-order valence-electron chi connectivity index (χ0n) is 15.4. The van der Waals surface area contributed by atoms with Crippen LogP contribution >= 0.6 is 12.2 Å². The number of hydrogen-bond donors (Lipinski definition) is 2. The molecule has 7 heteroatoms. The van der Waals surface area contributed by atoms with Gasteiger partial charge in [-0.1, -0.05) is 39.3 Å². The number of alkyl halides is 3. The van der Waals surface area contributed by atoms with Gasteiger partial charge >= 0.3 is 6.18 Å². The first-order valence-electron chi connectivity index (χ1n) is 8.92. The Morgan fingerprint density at radius 1 is 1.19 bits per heavy atom. The predicted molar refractivity (Wildman–Crippen MR) is 104 cm³/mol. The average Bonchev–Trinajstić information content (AvgIpc) is 2.60. The Hall–Kier alpha value is -1.63. The molecule has 0 amide bonds. The highest BCUT2D eigenvalue weighted by atomic mass is 32.1. The van der Waals surface area contributed by atoms with E-state index >= 15 is 0 Å². The molecule has 1 aromatic rings. The van der Waals surface area contributed by atoms with Crippen molar-refractivity contribution in [3.05, 3.63) is 29.8 Å². The van der Waals surface area contributed by atoms with E-state index in [9.17, 15) is 13.2 Å². The lowest BCUT2D eigenvalue weighted by Crippen LogP contribution is -2.30. The Kier molecular flexibility index (Phi) is 6.66. The minimum Gasteiger partial charge on any atom is -0.331 e. The van der Waals surface area contributed by atoms with Crippen molar-refractivity contribution in [3.63, 3.8) is 0 Å². The number of rotatable bonds is 4. The topological polar surface area (TPSA) is 36.4 Å². The molecule has 1 aliphatic carbocycles. The third-order valence-corrected chi connectivity index (χ3v) is 5.57. The summed E-state index contributed by atoms with van der Waals surface area (Å²) in [4.78, 5) is 0. The van der Waals surface area contributed by atoms with E-state index in [2.05, 4.69) is 36.6 Å². The van der Waals surface area contributed by atoms with Crippen LogP contribution in [0.2, 0.25) is 0 Å². The Morgan fingerprint density at radius 3 is 2.38 bits per heavy atom. The van der Waals surface area contributed by atoms with Crippen molar-refractivity contribution in [1.29, 1.82) is 0 Å². The van der Waals surface area contributed by atoms with Gasteiger partial charge in [0.15, 0.2) is 5.11 Å². The van der Waals surface area contributed by atoms with Crippen LogP contribution in [0.1, 0.15) is 58.4 Å². The zero-order valence-corrected chi connectivity index (χ0v) is 16.2. The summed E-state index contributed by atoms with van der Waals surface area (Å²) < 4.78 is 39.0. The molecule has 0 atom stereocenters. The number of nitrogens with one attached hydrogen (secondary N) is 2. The Labute approximate surface area is 158 Å². The molecule has 0 unspecified atom stereocenters. The first kappa shape index (κ1) is 20.7. The first-order valence-corrected chi connectivity index (χ1v) is 9.33. The number of nitrogens with zero attached hydrogens (tertiary/aromatic N) is 1. The summed E-state index contributed by atoms with van der Waals surface area (Å²) in [5.41, 5.74) is 3.21. The van der Waals surface area contributed by atoms with Gasteiger partial charge in [-0.3, -0.25) is 5.43 Å². The maximum absolute atomic E-state index is 13.0. The average molecular weight is 385 g/mol. The molecule has 1 aromatic carbocycles. The molecule has 26 heavy (non-hydrogen) atoms. The van der Waals surface area contributed by atoms with Crippen molar-refractivity contribution in [2.75, 3.05) is 5.32 Å². The van der Waals surface area contributed by atoms with E-state index in [1.807, 2.05) is 0 Å². The van der Waals surface area contributed by atoms with E-state index < -0.39 is 11.7 Å². The molecule has 144 valence electrons. The number of para-hydroxylation sites is 1. The highest BCUT2D eigenvalue weighted by Gasteiger charge is 2.33. The summed E-state index contributed by atoms with van der Waals surface area (Å²) in [6, 6.07) is 5.25. The van der Waals surface area contributed by atoms with Gasteiger partial charge in [-0.2, -0.15) is 18.3 Å². The van der Waals surface area contributed by atoms with Gasteiger partial charge in [-0.25, -0.2) is 0 Å². The molecule has 0 saturated heterocycles. The van der Waals surface area contributed by atoms with Crippen LogP contribution in [0, 0.1) is 11.3 Å². The van der Waals surface area contributed by atoms with Crippen molar-refractivity contribution in [2.45, 2.75) is 59.1 Å². The van der Waals surface area contributed by atoms with Gasteiger partial charge in [-0.15, -0.1) is 0 Å². The van der Waals surface area contributed by atoms with E-state index in [-0.39, 0.29) is 10.8 Å². The Bertz CT molecular complexity index is 658. The maximum Gasteiger partial charge on any atom is 0.418 e. The van der Waals surface area contributed by atoms with E-state index in [4.69, 9.17) is 12.2 Å². The van der Waals surface area contributed by atoms with E-state index in [1.54, 1.807) is 0 Å². The van der Waals surface area contributed by atoms with Crippen molar-refractivity contribution in [2.24, 2.45) is 16.4 Å². The highest BCUT2D eigenvalue weighted by Crippen LogP contribution is 2.39. The van der Waals surface area contributed by atoms with Gasteiger partial charge in [0.1, 0.15) is 0 Å². The summed E-state index contributed by atoms with van der Waals surface area (Å²) in [5.74, 6) is 0.676. The molecule has 1 fully saturated rings. The van der Waals surface area contributed by atoms with Crippen molar-refractivity contribution >= 4 is 28.7 Å². The molecule has 0 bridgehead atoms. The quantitative estimate of drug-likeness (QED) is 0.495. The molecule has 0 aromatic heterocycles. The Balaban J connectivity index is 1.92. The molecule has 1 saturated carbocycles. The summed E-state index contributed by atoms with van der Waals surface area (Å²) >= 11 is 5.09. The predicted octanol–water partition coefficient (Wildman–Crippen LogP) is 5.97. The van der Waals surface area contributed by atoms with E-state index in [0.717, 1.165) is 43.9 Å². The summed E-state index contributed by atoms with van der Waals surface area (Å²) in [7, 11) is 0.